The van der Waals surface area contributed by atoms with E-state index >= 15 is 0 Å². The lowest BCUT2D eigenvalue weighted by molar-refractivity contribution is -0.125. The van der Waals surface area contributed by atoms with Gasteiger partial charge in [-0.15, -0.1) is 0 Å². The number of aromatic nitrogens is 2. The molecule has 0 aliphatic carbocycles. The quantitative estimate of drug-likeness (QED) is 0.489. The highest BCUT2D eigenvalue weighted by atomic mass is 79.9. The molecule has 2 N–H and O–H groups in total. The maximum absolute atomic E-state index is 13.9. The zero-order chi connectivity index (χ0) is 25.3. The number of hydroxylamine groups is 1. The fourth-order valence-electron chi connectivity index (χ4n) is 3.43. The number of ether oxygens (including phenoxy) is 1. The SMILES string of the molecule is Cc1ccc(C(=O)N[C@H]2CONC2=O)cc1-n1c(C)nc(OCc2ccc(F)cc2F)c(Br)c1=O. The Kier molecular flexibility index (Phi) is 6.94. The second-order valence-corrected chi connectivity index (χ2v) is 8.54. The van der Waals surface area contributed by atoms with Crippen LogP contribution in [-0.2, 0) is 16.2 Å². The Labute approximate surface area is 206 Å². The molecule has 182 valence electrons. The van der Waals surface area contributed by atoms with Gasteiger partial charge in [0.15, 0.2) is 0 Å². The van der Waals surface area contributed by atoms with Crippen LogP contribution in [0.15, 0.2) is 45.7 Å². The van der Waals surface area contributed by atoms with Crippen LogP contribution < -0.4 is 21.1 Å². The van der Waals surface area contributed by atoms with Gasteiger partial charge in [0.05, 0.1) is 5.69 Å². The Morgan fingerprint density at radius 2 is 2.03 bits per heavy atom. The fraction of sp³-hybridized carbons (Fsp3) is 0.217. The lowest BCUT2D eigenvalue weighted by atomic mass is 10.1. The molecule has 1 atom stereocenters. The van der Waals surface area contributed by atoms with Gasteiger partial charge in [-0.2, -0.15) is 4.98 Å². The Morgan fingerprint density at radius 1 is 1.26 bits per heavy atom. The first-order valence-electron chi connectivity index (χ1n) is 10.3. The third kappa shape index (κ3) is 5.08. The van der Waals surface area contributed by atoms with Gasteiger partial charge in [0.2, 0.25) is 5.88 Å². The zero-order valence-electron chi connectivity index (χ0n) is 18.5. The highest BCUT2D eigenvalue weighted by Crippen LogP contribution is 2.24. The Bertz CT molecular complexity index is 1400. The van der Waals surface area contributed by atoms with E-state index in [9.17, 15) is 23.2 Å². The molecule has 0 saturated carbocycles. The number of hydrogen-bond acceptors (Lipinski definition) is 6. The molecular weight excluding hydrogens is 530 g/mol. The summed E-state index contributed by atoms with van der Waals surface area (Å²) in [7, 11) is 0. The van der Waals surface area contributed by atoms with Gasteiger partial charge in [0.25, 0.3) is 17.4 Å². The summed E-state index contributed by atoms with van der Waals surface area (Å²) in [6.07, 6.45) is 0. The van der Waals surface area contributed by atoms with Gasteiger partial charge in [0.1, 0.15) is 41.2 Å². The summed E-state index contributed by atoms with van der Waals surface area (Å²) >= 11 is 3.19. The minimum Gasteiger partial charge on any atom is -0.472 e. The van der Waals surface area contributed by atoms with Crippen LogP contribution in [-0.4, -0.2) is 34.0 Å². The average molecular weight is 549 g/mol. The van der Waals surface area contributed by atoms with Crippen LogP contribution in [0.1, 0.15) is 27.3 Å². The molecule has 1 aliphatic rings. The maximum atomic E-state index is 13.9. The smallest absolute Gasteiger partial charge is 0.276 e. The minimum atomic E-state index is -0.824. The maximum Gasteiger partial charge on any atom is 0.276 e. The number of amides is 2. The van der Waals surface area contributed by atoms with Gasteiger partial charge in [-0.1, -0.05) is 6.07 Å². The van der Waals surface area contributed by atoms with E-state index in [1.54, 1.807) is 26.0 Å². The topological polar surface area (TPSA) is 112 Å². The van der Waals surface area contributed by atoms with Crippen LogP contribution in [0.3, 0.4) is 0 Å². The molecule has 1 aliphatic heterocycles. The van der Waals surface area contributed by atoms with Crippen molar-refractivity contribution in [3.63, 3.8) is 0 Å². The second-order valence-electron chi connectivity index (χ2n) is 7.75. The number of nitrogens with one attached hydrogen (secondary N) is 2. The molecule has 1 saturated heterocycles. The Hall–Kier alpha value is -3.64. The molecule has 0 spiro atoms. The fourth-order valence-corrected chi connectivity index (χ4v) is 3.81. The van der Waals surface area contributed by atoms with Crippen LogP contribution in [0, 0.1) is 25.5 Å². The predicted molar refractivity (Wildman–Crippen MR) is 123 cm³/mol. The lowest BCUT2D eigenvalue weighted by Crippen LogP contribution is -2.41. The van der Waals surface area contributed by atoms with Crippen molar-refractivity contribution < 1.29 is 27.9 Å². The number of nitrogens with zero attached hydrogens (tertiary/aromatic N) is 2. The van der Waals surface area contributed by atoms with Crippen LogP contribution in [0.2, 0.25) is 0 Å². The molecule has 2 amide bonds. The molecule has 2 aromatic carbocycles. The van der Waals surface area contributed by atoms with Crippen molar-refractivity contribution in [2.24, 2.45) is 0 Å². The average Bonchev–Trinajstić information content (AvgIpc) is 3.21. The largest absolute Gasteiger partial charge is 0.472 e. The van der Waals surface area contributed by atoms with Crippen LogP contribution in [0.25, 0.3) is 5.69 Å². The Morgan fingerprint density at radius 3 is 2.71 bits per heavy atom. The number of hydrogen-bond donors (Lipinski definition) is 2. The van der Waals surface area contributed by atoms with E-state index in [4.69, 9.17) is 9.57 Å². The first-order valence-corrected chi connectivity index (χ1v) is 11.1. The summed E-state index contributed by atoms with van der Waals surface area (Å²) in [5.41, 5.74) is 3.05. The standard InChI is InChI=1S/C23H19BrF2N4O5/c1-11-3-4-13(20(31)28-17-10-35-29-21(17)32)7-18(11)30-12(2)27-22(19(24)23(30)33)34-9-14-5-6-15(25)8-16(14)26/h3-8,17H,9-10H2,1-2H3,(H,28,31)(H,29,32)/t17-/m0/s1. The van der Waals surface area contributed by atoms with Gasteiger partial charge < -0.3 is 10.1 Å². The van der Waals surface area contributed by atoms with Gasteiger partial charge >= 0.3 is 0 Å². The molecule has 35 heavy (non-hydrogen) atoms. The summed E-state index contributed by atoms with van der Waals surface area (Å²) in [6.45, 7) is 3.07. The first-order chi connectivity index (χ1) is 16.7. The molecule has 0 radical (unpaired) electrons. The van der Waals surface area contributed by atoms with E-state index in [-0.39, 0.29) is 40.5 Å². The van der Waals surface area contributed by atoms with E-state index < -0.39 is 35.0 Å². The Balaban J connectivity index is 1.63. The first kappa shape index (κ1) is 24.5. The number of benzene rings is 2. The normalized spacial score (nSPS) is 15.1. The molecule has 0 unspecified atom stereocenters. The molecule has 12 heteroatoms. The van der Waals surface area contributed by atoms with Crippen LogP contribution >= 0.6 is 15.9 Å². The molecule has 1 aromatic heterocycles. The number of carbonyl (C=O) groups excluding carboxylic acids is 2. The highest BCUT2D eigenvalue weighted by Gasteiger charge is 2.27. The molecule has 4 rings (SSSR count). The van der Waals surface area contributed by atoms with Gasteiger partial charge in [0, 0.05) is 17.2 Å². The van der Waals surface area contributed by atoms with Gasteiger partial charge in [-0.05, 0) is 59.6 Å². The highest BCUT2D eigenvalue weighted by molar-refractivity contribution is 9.10. The summed E-state index contributed by atoms with van der Waals surface area (Å²) in [5.74, 6) is -2.28. The van der Waals surface area contributed by atoms with E-state index in [1.165, 1.54) is 16.7 Å². The van der Waals surface area contributed by atoms with E-state index in [0.29, 0.717) is 11.3 Å². The van der Waals surface area contributed by atoms with Crippen molar-refractivity contribution in [1.82, 2.24) is 20.3 Å². The van der Waals surface area contributed by atoms with Crippen LogP contribution in [0.5, 0.6) is 5.88 Å². The number of halogens is 3. The number of carbonyl (C=O) groups is 2. The third-order valence-electron chi connectivity index (χ3n) is 5.30. The molecular formula is C23H19BrF2N4O5. The summed E-state index contributed by atoms with van der Waals surface area (Å²) in [6, 6.07) is 7.00. The summed E-state index contributed by atoms with van der Waals surface area (Å²) in [4.78, 5) is 46.6. The summed E-state index contributed by atoms with van der Waals surface area (Å²) in [5, 5.41) is 2.57. The van der Waals surface area contributed by atoms with Crippen molar-refractivity contribution in [2.45, 2.75) is 26.5 Å². The lowest BCUT2D eigenvalue weighted by Gasteiger charge is -2.16. The third-order valence-corrected chi connectivity index (χ3v) is 5.98. The second kappa shape index (κ2) is 9.92. The van der Waals surface area contributed by atoms with E-state index in [0.717, 1.165) is 12.1 Å². The molecule has 2 heterocycles. The summed E-state index contributed by atoms with van der Waals surface area (Å²) < 4.78 is 33.8. The molecule has 3 aromatic rings. The van der Waals surface area contributed by atoms with Crippen molar-refractivity contribution >= 4 is 27.7 Å². The van der Waals surface area contributed by atoms with Crippen LogP contribution in [0.4, 0.5) is 8.78 Å². The van der Waals surface area contributed by atoms with Gasteiger partial charge in [-0.3, -0.25) is 23.8 Å². The minimum absolute atomic E-state index is 0.00199. The molecule has 1 fully saturated rings. The number of rotatable bonds is 6. The van der Waals surface area contributed by atoms with Crippen molar-refractivity contribution in [2.75, 3.05) is 6.61 Å². The van der Waals surface area contributed by atoms with Crippen molar-refractivity contribution in [3.05, 3.63) is 85.4 Å². The molecule has 0 bridgehead atoms. The molecule has 9 nitrogen and oxygen atoms in total. The van der Waals surface area contributed by atoms with E-state index in [1.807, 2.05) is 0 Å². The van der Waals surface area contributed by atoms with Crippen molar-refractivity contribution in [3.8, 4) is 11.6 Å². The predicted octanol–water partition coefficient (Wildman–Crippen LogP) is 2.63. The van der Waals surface area contributed by atoms with Gasteiger partial charge in [-0.25, -0.2) is 14.3 Å². The van der Waals surface area contributed by atoms with Crippen molar-refractivity contribution in [1.29, 1.82) is 0 Å². The zero-order valence-corrected chi connectivity index (χ0v) is 20.1. The van der Waals surface area contributed by atoms with E-state index in [2.05, 4.69) is 31.7 Å². The number of aryl methyl sites for hydroxylation is 2. The monoisotopic (exact) mass is 548 g/mol.